The second-order valence-electron chi connectivity index (χ2n) is 7.44. The van der Waals surface area contributed by atoms with E-state index < -0.39 is 0 Å². The van der Waals surface area contributed by atoms with Gasteiger partial charge in [-0.05, 0) is 49.4 Å². The standard InChI is InChI=1S/C23H32N4O3S.HI/c1-4-24-23(26-15-17(2)30-20-7-5-6-19(14-20)29-3)25-11-8-22(28)27-12-9-21-18(16-27)10-13-31-21;/h5-7,10,13-14,17H,4,8-9,11-12,15-16H2,1-3H3,(H2,24,25,26);1H. The van der Waals surface area contributed by atoms with E-state index in [-0.39, 0.29) is 36.0 Å². The number of guanidine groups is 1. The third-order valence-corrected chi connectivity index (χ3v) is 6.04. The minimum atomic E-state index is -0.0997. The Kier molecular flexibility index (Phi) is 11.1. The predicted molar refractivity (Wildman–Crippen MR) is 141 cm³/mol. The van der Waals surface area contributed by atoms with Gasteiger partial charge in [-0.25, -0.2) is 4.99 Å². The normalized spacial score (nSPS) is 14.1. The van der Waals surface area contributed by atoms with Gasteiger partial charge < -0.3 is 25.0 Å². The molecule has 9 heteroatoms. The maximum Gasteiger partial charge on any atom is 0.224 e. The largest absolute Gasteiger partial charge is 0.497 e. The predicted octanol–water partition coefficient (Wildman–Crippen LogP) is 3.67. The molecule has 2 aromatic rings. The van der Waals surface area contributed by atoms with Gasteiger partial charge >= 0.3 is 0 Å². The number of methoxy groups -OCH3 is 1. The summed E-state index contributed by atoms with van der Waals surface area (Å²) in [5, 5.41) is 8.59. The van der Waals surface area contributed by atoms with Crippen molar-refractivity contribution in [3.8, 4) is 11.5 Å². The molecule has 1 aromatic carbocycles. The lowest BCUT2D eigenvalue weighted by atomic mass is 10.1. The van der Waals surface area contributed by atoms with Crippen molar-refractivity contribution in [1.29, 1.82) is 0 Å². The number of ether oxygens (including phenoxy) is 2. The van der Waals surface area contributed by atoms with Crippen LogP contribution in [0.2, 0.25) is 0 Å². The number of thiophene rings is 1. The second-order valence-corrected chi connectivity index (χ2v) is 8.44. The van der Waals surface area contributed by atoms with Gasteiger partial charge in [0.15, 0.2) is 5.96 Å². The highest BCUT2D eigenvalue weighted by molar-refractivity contribution is 14.0. The zero-order valence-electron chi connectivity index (χ0n) is 18.9. The molecule has 0 radical (unpaired) electrons. The summed E-state index contributed by atoms with van der Waals surface area (Å²) in [5.41, 5.74) is 1.29. The number of nitrogens with one attached hydrogen (secondary N) is 2. The van der Waals surface area contributed by atoms with E-state index in [9.17, 15) is 4.79 Å². The van der Waals surface area contributed by atoms with Gasteiger partial charge in [0, 0.05) is 43.5 Å². The van der Waals surface area contributed by atoms with E-state index in [1.54, 1.807) is 18.4 Å². The molecule has 1 atom stereocenters. The van der Waals surface area contributed by atoms with Crippen LogP contribution >= 0.6 is 35.3 Å². The molecule has 7 nitrogen and oxygen atoms in total. The van der Waals surface area contributed by atoms with E-state index in [0.717, 1.165) is 37.6 Å². The monoisotopic (exact) mass is 572 g/mol. The van der Waals surface area contributed by atoms with Crippen LogP contribution in [0.5, 0.6) is 11.5 Å². The van der Waals surface area contributed by atoms with Crippen LogP contribution in [0.15, 0.2) is 40.7 Å². The number of carbonyl (C=O) groups is 1. The van der Waals surface area contributed by atoms with Crippen LogP contribution in [0, 0.1) is 0 Å². The van der Waals surface area contributed by atoms with Crippen molar-refractivity contribution in [3.63, 3.8) is 0 Å². The third-order valence-electron chi connectivity index (χ3n) is 5.02. The van der Waals surface area contributed by atoms with Gasteiger partial charge in [0.25, 0.3) is 0 Å². The van der Waals surface area contributed by atoms with Crippen LogP contribution in [-0.4, -0.2) is 56.2 Å². The average Bonchev–Trinajstić information content (AvgIpc) is 3.25. The van der Waals surface area contributed by atoms with E-state index >= 15 is 0 Å². The number of rotatable bonds is 9. The first-order valence-electron chi connectivity index (χ1n) is 10.7. The highest BCUT2D eigenvalue weighted by Crippen LogP contribution is 2.24. The van der Waals surface area contributed by atoms with Gasteiger partial charge in [-0.2, -0.15) is 0 Å². The van der Waals surface area contributed by atoms with Gasteiger partial charge in [0.1, 0.15) is 17.6 Å². The van der Waals surface area contributed by atoms with Crippen LogP contribution in [0.25, 0.3) is 0 Å². The highest BCUT2D eigenvalue weighted by atomic mass is 127. The number of aliphatic imine (C=N–C) groups is 1. The smallest absolute Gasteiger partial charge is 0.224 e. The summed E-state index contributed by atoms with van der Waals surface area (Å²) < 4.78 is 11.2. The number of halogens is 1. The van der Waals surface area contributed by atoms with Crippen LogP contribution < -0.4 is 20.1 Å². The summed E-state index contributed by atoms with van der Waals surface area (Å²) in [6, 6.07) is 9.66. The van der Waals surface area contributed by atoms with E-state index in [1.807, 2.05) is 43.0 Å². The molecule has 0 spiro atoms. The number of amides is 1. The first-order valence-corrected chi connectivity index (χ1v) is 11.6. The van der Waals surface area contributed by atoms with E-state index in [1.165, 1.54) is 10.4 Å². The fraction of sp³-hybridized carbons (Fsp3) is 0.478. The molecule has 2 N–H and O–H groups in total. The topological polar surface area (TPSA) is 75.2 Å². The van der Waals surface area contributed by atoms with Crippen LogP contribution in [0.4, 0.5) is 0 Å². The lowest BCUT2D eigenvalue weighted by Crippen LogP contribution is -2.41. The molecule has 1 aromatic heterocycles. The van der Waals surface area contributed by atoms with E-state index in [2.05, 4.69) is 27.1 Å². The Hall–Kier alpha value is -2.01. The summed E-state index contributed by atoms with van der Waals surface area (Å²) in [6.07, 6.45) is 1.30. The lowest BCUT2D eigenvalue weighted by Gasteiger charge is -2.27. The summed E-state index contributed by atoms with van der Waals surface area (Å²) in [6.45, 7) is 7.31. The number of benzene rings is 1. The average molecular weight is 573 g/mol. The van der Waals surface area contributed by atoms with Crippen LogP contribution in [-0.2, 0) is 17.8 Å². The molecule has 3 rings (SSSR count). The van der Waals surface area contributed by atoms with Crippen molar-refractivity contribution < 1.29 is 14.3 Å². The van der Waals surface area contributed by atoms with E-state index in [0.29, 0.717) is 25.5 Å². The van der Waals surface area contributed by atoms with Crippen LogP contribution in [0.1, 0.15) is 30.7 Å². The Balaban J connectivity index is 0.00000363. The SMILES string of the molecule is CCNC(=NCC(C)Oc1cccc(OC)c1)NCCC(=O)N1CCc2sccc2C1.I. The molecule has 0 aliphatic carbocycles. The number of hydrogen-bond donors (Lipinski definition) is 2. The summed E-state index contributed by atoms with van der Waals surface area (Å²) in [5.74, 6) is 2.38. The molecule has 0 bridgehead atoms. The molecule has 0 saturated heterocycles. The summed E-state index contributed by atoms with van der Waals surface area (Å²) in [7, 11) is 1.64. The molecular weight excluding hydrogens is 539 g/mol. The maximum atomic E-state index is 12.6. The Labute approximate surface area is 211 Å². The second kappa shape index (κ2) is 13.5. The van der Waals surface area contributed by atoms with Gasteiger partial charge in [-0.3, -0.25) is 4.79 Å². The van der Waals surface area contributed by atoms with Crippen molar-refractivity contribution in [2.75, 3.05) is 33.3 Å². The minimum Gasteiger partial charge on any atom is -0.497 e. The van der Waals surface area contributed by atoms with Gasteiger partial charge in [-0.1, -0.05) is 6.07 Å². The molecule has 0 saturated carbocycles. The first-order chi connectivity index (χ1) is 15.1. The number of nitrogens with zero attached hydrogens (tertiary/aromatic N) is 2. The molecular formula is C23H33IN4O3S. The summed E-state index contributed by atoms with van der Waals surface area (Å²) >= 11 is 1.79. The molecule has 1 aliphatic rings. The van der Waals surface area contributed by atoms with Gasteiger partial charge in [0.2, 0.25) is 5.91 Å². The number of hydrogen-bond acceptors (Lipinski definition) is 5. The number of fused-ring (bicyclic) bond motifs is 1. The molecule has 1 amide bonds. The third kappa shape index (κ3) is 7.84. The fourth-order valence-electron chi connectivity index (χ4n) is 3.41. The first kappa shape index (κ1) is 26.2. The fourth-order valence-corrected chi connectivity index (χ4v) is 4.30. The quantitative estimate of drug-likeness (QED) is 0.273. The number of carbonyl (C=O) groups excluding carboxylic acids is 1. The van der Waals surface area contributed by atoms with Crippen molar-refractivity contribution in [2.24, 2.45) is 4.99 Å². The zero-order chi connectivity index (χ0) is 22.1. The van der Waals surface area contributed by atoms with Crippen LogP contribution in [0.3, 0.4) is 0 Å². The van der Waals surface area contributed by atoms with Crippen molar-refractivity contribution in [3.05, 3.63) is 46.2 Å². The highest BCUT2D eigenvalue weighted by Gasteiger charge is 2.21. The lowest BCUT2D eigenvalue weighted by molar-refractivity contribution is -0.131. The van der Waals surface area contributed by atoms with E-state index in [4.69, 9.17) is 9.47 Å². The van der Waals surface area contributed by atoms with Crippen molar-refractivity contribution >= 4 is 47.2 Å². The molecule has 1 unspecified atom stereocenters. The minimum absolute atomic E-state index is 0. The molecule has 32 heavy (non-hydrogen) atoms. The summed E-state index contributed by atoms with van der Waals surface area (Å²) in [4.78, 5) is 20.5. The van der Waals surface area contributed by atoms with Gasteiger partial charge in [0.05, 0.1) is 13.7 Å². The zero-order valence-corrected chi connectivity index (χ0v) is 22.1. The molecule has 176 valence electrons. The Morgan fingerprint density at radius 1 is 1.28 bits per heavy atom. The van der Waals surface area contributed by atoms with Gasteiger partial charge in [-0.15, -0.1) is 35.3 Å². The maximum absolute atomic E-state index is 12.6. The Morgan fingerprint density at radius 2 is 2.09 bits per heavy atom. The molecule has 1 aliphatic heterocycles. The Bertz CT molecular complexity index is 890. The van der Waals surface area contributed by atoms with Crippen molar-refractivity contribution in [2.45, 2.75) is 39.3 Å². The van der Waals surface area contributed by atoms with Crippen molar-refractivity contribution in [1.82, 2.24) is 15.5 Å². The Morgan fingerprint density at radius 3 is 2.88 bits per heavy atom. The molecule has 2 heterocycles. The molecule has 0 fully saturated rings.